The highest BCUT2D eigenvalue weighted by Crippen LogP contribution is 2.25. The summed E-state index contributed by atoms with van der Waals surface area (Å²) in [6, 6.07) is 21.4. The zero-order valence-corrected chi connectivity index (χ0v) is 11.8. The Kier molecular flexibility index (Phi) is 4.17. The summed E-state index contributed by atoms with van der Waals surface area (Å²) in [6.07, 6.45) is 6.29. The van der Waals surface area contributed by atoms with Crippen molar-refractivity contribution in [3.63, 3.8) is 0 Å². The van der Waals surface area contributed by atoms with Crippen molar-refractivity contribution >= 4 is 11.8 Å². The smallest absolute Gasteiger partial charge is 0.0445 e. The van der Waals surface area contributed by atoms with E-state index >= 15 is 0 Å². The van der Waals surface area contributed by atoms with Crippen LogP contribution < -0.4 is 0 Å². The van der Waals surface area contributed by atoms with Crippen molar-refractivity contribution in [2.24, 2.45) is 0 Å². The van der Waals surface area contributed by atoms with Crippen LogP contribution in [0, 0.1) is 0 Å². The Morgan fingerprint density at radius 3 is 2.00 bits per heavy atom. The van der Waals surface area contributed by atoms with E-state index in [1.807, 2.05) is 0 Å². The van der Waals surface area contributed by atoms with Gasteiger partial charge in [0.15, 0.2) is 0 Å². The summed E-state index contributed by atoms with van der Waals surface area (Å²) in [4.78, 5) is 2.53. The average Bonchev–Trinajstić information content (AvgIpc) is 2.55. The normalized spacial score (nSPS) is 16.2. The van der Waals surface area contributed by atoms with E-state index in [0.717, 1.165) is 0 Å². The lowest BCUT2D eigenvalue weighted by molar-refractivity contribution is 0.327. The van der Waals surface area contributed by atoms with Gasteiger partial charge in [0.25, 0.3) is 0 Å². The van der Waals surface area contributed by atoms with Crippen LogP contribution in [0.15, 0.2) is 60.7 Å². The fourth-order valence-corrected chi connectivity index (χ4v) is 2.81. The maximum atomic E-state index is 2.53. The summed E-state index contributed by atoms with van der Waals surface area (Å²) in [7, 11) is 0. The largest absolute Gasteiger partial charge is 0.371 e. The molecule has 0 bridgehead atoms. The molecule has 0 amide bonds. The van der Waals surface area contributed by atoms with E-state index in [0.29, 0.717) is 0 Å². The molecule has 1 heteroatoms. The second-order valence-electron chi connectivity index (χ2n) is 5.35. The highest BCUT2D eigenvalue weighted by atomic mass is 15.1. The number of likely N-dealkylation sites (tertiary alicyclic amines) is 1. The molecule has 1 fully saturated rings. The zero-order valence-electron chi connectivity index (χ0n) is 11.8. The Bertz CT molecular complexity index is 551. The Morgan fingerprint density at radius 2 is 1.35 bits per heavy atom. The third-order valence-corrected chi connectivity index (χ3v) is 3.87. The summed E-state index contributed by atoms with van der Waals surface area (Å²) < 4.78 is 0. The lowest BCUT2D eigenvalue weighted by Gasteiger charge is -2.31. The number of piperidine rings is 1. The molecule has 1 heterocycles. The summed E-state index contributed by atoms with van der Waals surface area (Å²) >= 11 is 0. The van der Waals surface area contributed by atoms with Gasteiger partial charge in [0.2, 0.25) is 0 Å². The van der Waals surface area contributed by atoms with Crippen LogP contribution in [-0.4, -0.2) is 18.0 Å². The standard InChI is InChI=1S/C19H21N/c1-4-10-17(11-5-1)16-19(18-12-6-2-7-13-18)20-14-8-3-9-15-20/h1-2,4-7,10-13,16H,3,8-9,14-15H2/b19-16-. The van der Waals surface area contributed by atoms with Crippen LogP contribution >= 0.6 is 0 Å². The molecule has 1 saturated heterocycles. The maximum Gasteiger partial charge on any atom is 0.0445 e. The molecule has 1 nitrogen and oxygen atoms in total. The van der Waals surface area contributed by atoms with Crippen LogP contribution in [0.2, 0.25) is 0 Å². The molecule has 0 spiro atoms. The van der Waals surface area contributed by atoms with Crippen molar-refractivity contribution < 1.29 is 0 Å². The fourth-order valence-electron chi connectivity index (χ4n) is 2.81. The van der Waals surface area contributed by atoms with Crippen LogP contribution in [0.5, 0.6) is 0 Å². The molecule has 2 aromatic rings. The van der Waals surface area contributed by atoms with Gasteiger partial charge in [0.1, 0.15) is 0 Å². The Balaban J connectivity index is 1.97. The Morgan fingerprint density at radius 1 is 0.750 bits per heavy atom. The van der Waals surface area contributed by atoms with E-state index in [1.165, 1.54) is 49.2 Å². The molecule has 102 valence electrons. The van der Waals surface area contributed by atoms with E-state index in [4.69, 9.17) is 0 Å². The van der Waals surface area contributed by atoms with E-state index in [-0.39, 0.29) is 0 Å². The van der Waals surface area contributed by atoms with E-state index < -0.39 is 0 Å². The molecule has 0 aromatic heterocycles. The molecule has 1 aliphatic heterocycles. The first kappa shape index (κ1) is 13.0. The number of benzene rings is 2. The van der Waals surface area contributed by atoms with Gasteiger partial charge in [-0.2, -0.15) is 0 Å². The van der Waals surface area contributed by atoms with Crippen LogP contribution in [0.4, 0.5) is 0 Å². The van der Waals surface area contributed by atoms with Gasteiger partial charge >= 0.3 is 0 Å². The van der Waals surface area contributed by atoms with Gasteiger partial charge in [-0.05, 0) is 36.5 Å². The maximum absolute atomic E-state index is 2.53. The van der Waals surface area contributed by atoms with Gasteiger partial charge in [-0.25, -0.2) is 0 Å². The van der Waals surface area contributed by atoms with Gasteiger partial charge in [0.05, 0.1) is 0 Å². The highest BCUT2D eigenvalue weighted by molar-refractivity contribution is 5.80. The zero-order chi connectivity index (χ0) is 13.6. The molecular formula is C19H21N. The third-order valence-electron chi connectivity index (χ3n) is 3.87. The molecule has 2 aromatic carbocycles. The molecule has 1 aliphatic rings. The van der Waals surface area contributed by atoms with Crippen molar-refractivity contribution in [1.82, 2.24) is 4.90 Å². The van der Waals surface area contributed by atoms with E-state index in [9.17, 15) is 0 Å². The lowest BCUT2D eigenvalue weighted by Crippen LogP contribution is -2.28. The first-order valence-electron chi connectivity index (χ1n) is 7.50. The van der Waals surface area contributed by atoms with Gasteiger partial charge in [-0.1, -0.05) is 60.7 Å². The monoisotopic (exact) mass is 263 g/mol. The van der Waals surface area contributed by atoms with Crippen LogP contribution in [0.25, 0.3) is 11.8 Å². The number of rotatable bonds is 3. The van der Waals surface area contributed by atoms with Crippen molar-refractivity contribution in [1.29, 1.82) is 0 Å². The van der Waals surface area contributed by atoms with Gasteiger partial charge in [-0.15, -0.1) is 0 Å². The number of hydrogen-bond acceptors (Lipinski definition) is 1. The summed E-state index contributed by atoms with van der Waals surface area (Å²) in [5, 5.41) is 0. The van der Waals surface area contributed by atoms with Crippen LogP contribution in [0.3, 0.4) is 0 Å². The highest BCUT2D eigenvalue weighted by Gasteiger charge is 2.14. The average molecular weight is 263 g/mol. The fraction of sp³-hybridized carbons (Fsp3) is 0.263. The summed E-state index contributed by atoms with van der Waals surface area (Å²) in [5.74, 6) is 0. The van der Waals surface area contributed by atoms with Crippen LogP contribution in [-0.2, 0) is 0 Å². The molecule has 0 radical (unpaired) electrons. The minimum atomic E-state index is 1.17. The molecule has 0 unspecified atom stereocenters. The first-order chi connectivity index (χ1) is 9.93. The topological polar surface area (TPSA) is 3.24 Å². The first-order valence-corrected chi connectivity index (χ1v) is 7.50. The predicted molar refractivity (Wildman–Crippen MR) is 86.2 cm³/mol. The number of hydrogen-bond donors (Lipinski definition) is 0. The van der Waals surface area contributed by atoms with E-state index in [1.54, 1.807) is 0 Å². The molecule has 0 aliphatic carbocycles. The molecule has 20 heavy (non-hydrogen) atoms. The Labute approximate surface area is 121 Å². The van der Waals surface area contributed by atoms with Crippen molar-refractivity contribution in [2.45, 2.75) is 19.3 Å². The van der Waals surface area contributed by atoms with Gasteiger partial charge < -0.3 is 4.90 Å². The van der Waals surface area contributed by atoms with Crippen molar-refractivity contribution in [3.8, 4) is 0 Å². The van der Waals surface area contributed by atoms with E-state index in [2.05, 4.69) is 71.6 Å². The molecule has 0 N–H and O–H groups in total. The second kappa shape index (κ2) is 6.42. The van der Waals surface area contributed by atoms with Gasteiger partial charge in [0, 0.05) is 18.8 Å². The Hall–Kier alpha value is -2.02. The molecular weight excluding hydrogens is 242 g/mol. The predicted octanol–water partition coefficient (Wildman–Crippen LogP) is 4.67. The van der Waals surface area contributed by atoms with Crippen molar-refractivity contribution in [2.75, 3.05) is 13.1 Å². The molecule has 3 rings (SSSR count). The number of nitrogens with zero attached hydrogens (tertiary/aromatic N) is 1. The molecule has 0 atom stereocenters. The van der Waals surface area contributed by atoms with Crippen molar-refractivity contribution in [3.05, 3.63) is 71.8 Å². The second-order valence-corrected chi connectivity index (χ2v) is 5.35. The van der Waals surface area contributed by atoms with Gasteiger partial charge in [-0.3, -0.25) is 0 Å². The summed E-state index contributed by atoms with van der Waals surface area (Å²) in [6.45, 7) is 2.35. The summed E-state index contributed by atoms with van der Waals surface area (Å²) in [5.41, 5.74) is 3.95. The quantitative estimate of drug-likeness (QED) is 0.727. The lowest BCUT2D eigenvalue weighted by atomic mass is 10.0. The van der Waals surface area contributed by atoms with Crippen LogP contribution in [0.1, 0.15) is 30.4 Å². The minimum absolute atomic E-state index is 1.17. The minimum Gasteiger partial charge on any atom is -0.371 e. The molecule has 0 saturated carbocycles. The SMILES string of the molecule is C(=C(\c1ccccc1)N1CCCCC1)/c1ccccc1. The third kappa shape index (κ3) is 3.11.